The molecule has 0 saturated carbocycles. The topological polar surface area (TPSA) is 154 Å². The van der Waals surface area contributed by atoms with Crippen LogP contribution in [0.3, 0.4) is 0 Å². The van der Waals surface area contributed by atoms with E-state index in [1.807, 2.05) is 24.4 Å². The summed E-state index contributed by atoms with van der Waals surface area (Å²) in [5.74, 6) is -0.488. The molecule has 0 amide bonds. The van der Waals surface area contributed by atoms with Crippen molar-refractivity contribution < 1.29 is 32.6 Å². The number of ether oxygens (including phenoxy) is 3. The van der Waals surface area contributed by atoms with E-state index in [9.17, 15) is 18.4 Å². The van der Waals surface area contributed by atoms with Crippen molar-refractivity contribution in [3.63, 3.8) is 0 Å². The van der Waals surface area contributed by atoms with Crippen molar-refractivity contribution in [3.05, 3.63) is 79.1 Å². The zero-order valence-corrected chi connectivity index (χ0v) is 28.6. The number of benzene rings is 1. The number of methoxy groups -OCH3 is 1. The van der Waals surface area contributed by atoms with Gasteiger partial charge in [0.2, 0.25) is 0 Å². The minimum absolute atomic E-state index is 0.137. The van der Waals surface area contributed by atoms with Crippen LogP contribution in [0.1, 0.15) is 47.1 Å². The molecule has 0 aliphatic carbocycles. The monoisotopic (exact) mass is 673 g/mol. The quantitative estimate of drug-likeness (QED) is 0.140. The molecule has 0 radical (unpaired) electrons. The predicted octanol–water partition coefficient (Wildman–Crippen LogP) is 5.74. The molecule has 0 fully saturated rings. The highest BCUT2D eigenvalue weighted by Crippen LogP contribution is 2.37. The van der Waals surface area contributed by atoms with Gasteiger partial charge in [0.1, 0.15) is 29.1 Å². The van der Waals surface area contributed by atoms with E-state index in [2.05, 4.69) is 15.1 Å². The highest BCUT2D eigenvalue weighted by Gasteiger charge is 2.25. The van der Waals surface area contributed by atoms with Crippen LogP contribution in [0.15, 0.2) is 73.6 Å². The van der Waals surface area contributed by atoms with Gasteiger partial charge in [0.15, 0.2) is 0 Å². The molecule has 0 N–H and O–H groups in total. The average molecular weight is 674 g/mol. The van der Waals surface area contributed by atoms with Gasteiger partial charge in [0.05, 0.1) is 25.5 Å². The Kier molecular flexibility index (Phi) is 9.69. The normalized spacial score (nSPS) is 12.5. The van der Waals surface area contributed by atoms with Gasteiger partial charge >= 0.3 is 12.1 Å². The molecule has 0 saturated heterocycles. The van der Waals surface area contributed by atoms with Gasteiger partial charge in [0.25, 0.3) is 0 Å². The smallest absolute Gasteiger partial charge is 0.420 e. The standard InChI is InChI=1S/C34H38N6O7S/c1-33(2,3)46-30(41)21-40(48(43)44)28-14-23(10-11-29(28)45-7)24-13-26-27(20-39(31(26)36-16-24)32(42)47-34(4,5)6)25-17-37-38(19-25)18-22-9-8-12-35-15-22/h8-17,19-20H,18,21H2,1-7H3,(H,43,44)/p-1. The van der Waals surface area contributed by atoms with Crippen molar-refractivity contribution in [2.75, 3.05) is 18.0 Å². The van der Waals surface area contributed by atoms with Crippen LogP contribution in [0.5, 0.6) is 5.75 Å². The molecule has 4 aromatic heterocycles. The molecule has 14 heteroatoms. The molecule has 1 aromatic carbocycles. The van der Waals surface area contributed by atoms with Crippen molar-refractivity contribution in [2.45, 2.75) is 59.3 Å². The van der Waals surface area contributed by atoms with Gasteiger partial charge in [-0.25, -0.2) is 14.3 Å². The number of pyridine rings is 2. The van der Waals surface area contributed by atoms with Gasteiger partial charge in [-0.05, 0) is 76.9 Å². The highest BCUT2D eigenvalue weighted by atomic mass is 32.2. The van der Waals surface area contributed by atoms with E-state index >= 15 is 0 Å². The van der Waals surface area contributed by atoms with Crippen LogP contribution in [-0.4, -0.2) is 70.0 Å². The predicted molar refractivity (Wildman–Crippen MR) is 180 cm³/mol. The van der Waals surface area contributed by atoms with Crippen LogP contribution in [-0.2, 0) is 32.1 Å². The van der Waals surface area contributed by atoms with Crippen LogP contribution >= 0.6 is 0 Å². The first-order chi connectivity index (χ1) is 22.6. The van der Waals surface area contributed by atoms with Crippen molar-refractivity contribution >= 4 is 40.0 Å². The minimum atomic E-state index is -2.83. The molecule has 0 spiro atoms. The van der Waals surface area contributed by atoms with Gasteiger partial charge in [-0.15, -0.1) is 0 Å². The Morgan fingerprint density at radius 2 is 1.69 bits per heavy atom. The number of carbonyl (C=O) groups excluding carboxylic acids is 2. The third-order valence-electron chi connectivity index (χ3n) is 6.90. The number of aromatic nitrogens is 5. The Morgan fingerprint density at radius 1 is 0.938 bits per heavy atom. The zero-order chi connectivity index (χ0) is 34.8. The number of carbonyl (C=O) groups is 2. The molecule has 0 aliphatic heterocycles. The minimum Gasteiger partial charge on any atom is -0.755 e. The third kappa shape index (κ3) is 8.06. The molecule has 5 rings (SSSR count). The number of esters is 1. The number of nitrogens with zero attached hydrogens (tertiary/aromatic N) is 6. The third-order valence-corrected chi connectivity index (χ3v) is 7.58. The van der Waals surface area contributed by atoms with E-state index in [0.29, 0.717) is 34.3 Å². The fourth-order valence-corrected chi connectivity index (χ4v) is 5.50. The summed E-state index contributed by atoms with van der Waals surface area (Å²) in [4.78, 5) is 34.8. The van der Waals surface area contributed by atoms with Gasteiger partial charge in [-0.1, -0.05) is 12.1 Å². The maximum atomic E-state index is 13.3. The Labute approximate surface area is 280 Å². The summed E-state index contributed by atoms with van der Waals surface area (Å²) < 4.78 is 45.3. The summed E-state index contributed by atoms with van der Waals surface area (Å²) >= 11 is -2.83. The van der Waals surface area contributed by atoms with Crippen LogP contribution in [0.25, 0.3) is 33.3 Å². The van der Waals surface area contributed by atoms with Crippen molar-refractivity contribution in [1.82, 2.24) is 24.3 Å². The first kappa shape index (κ1) is 34.3. The van der Waals surface area contributed by atoms with E-state index in [1.165, 1.54) is 11.7 Å². The maximum Gasteiger partial charge on any atom is 0.420 e. The Bertz CT molecular complexity index is 1980. The Balaban J connectivity index is 1.59. The number of fused-ring (bicyclic) bond motifs is 1. The number of rotatable bonds is 9. The molecule has 1 unspecified atom stereocenters. The zero-order valence-electron chi connectivity index (χ0n) is 27.8. The van der Waals surface area contributed by atoms with E-state index in [0.717, 1.165) is 15.4 Å². The van der Waals surface area contributed by atoms with Crippen molar-refractivity contribution in [1.29, 1.82) is 0 Å². The van der Waals surface area contributed by atoms with Crippen LogP contribution in [0.4, 0.5) is 10.5 Å². The lowest BCUT2D eigenvalue weighted by atomic mass is 10.0. The number of hydrogen-bond donors (Lipinski definition) is 0. The molecule has 4 heterocycles. The van der Waals surface area contributed by atoms with Gasteiger partial charge in [-0.2, -0.15) is 5.10 Å². The first-order valence-corrected chi connectivity index (χ1v) is 16.1. The molecular formula is C34H37N6O7S-. The molecular weight excluding hydrogens is 636 g/mol. The SMILES string of the molecule is COc1ccc(-c2cnc3c(c2)c(-c2cnn(Cc4cccnc4)c2)cn3C(=O)OC(C)(C)C)cc1N(CC(=O)OC(C)(C)C)S(=O)[O-]. The van der Waals surface area contributed by atoms with Crippen LogP contribution < -0.4 is 9.04 Å². The summed E-state index contributed by atoms with van der Waals surface area (Å²) in [5.41, 5.74) is 2.56. The van der Waals surface area contributed by atoms with E-state index in [1.54, 1.807) is 95.4 Å². The van der Waals surface area contributed by atoms with E-state index in [-0.39, 0.29) is 11.4 Å². The van der Waals surface area contributed by atoms with Crippen molar-refractivity contribution in [2.24, 2.45) is 0 Å². The molecule has 5 aromatic rings. The van der Waals surface area contributed by atoms with E-state index < -0.39 is 41.1 Å². The van der Waals surface area contributed by atoms with Gasteiger partial charge in [-0.3, -0.25) is 23.0 Å². The van der Waals surface area contributed by atoms with Crippen LogP contribution in [0, 0.1) is 0 Å². The Hall–Kier alpha value is -5.08. The largest absolute Gasteiger partial charge is 0.755 e. The van der Waals surface area contributed by atoms with Crippen molar-refractivity contribution in [3.8, 4) is 28.0 Å². The fraction of sp³-hybridized carbons (Fsp3) is 0.324. The molecule has 252 valence electrons. The molecule has 13 nitrogen and oxygen atoms in total. The van der Waals surface area contributed by atoms with Crippen LogP contribution in [0.2, 0.25) is 0 Å². The second kappa shape index (κ2) is 13.6. The lowest BCUT2D eigenvalue weighted by Crippen LogP contribution is -2.36. The lowest BCUT2D eigenvalue weighted by Gasteiger charge is -2.29. The fourth-order valence-electron chi connectivity index (χ4n) is 4.99. The second-order valence-corrected chi connectivity index (χ2v) is 13.9. The molecule has 1 atom stereocenters. The highest BCUT2D eigenvalue weighted by molar-refractivity contribution is 7.80. The number of hydrogen-bond acceptors (Lipinski definition) is 10. The molecule has 48 heavy (non-hydrogen) atoms. The number of anilines is 1. The summed E-state index contributed by atoms with van der Waals surface area (Å²) in [7, 11) is 1.41. The lowest BCUT2D eigenvalue weighted by molar-refractivity contribution is -0.152. The molecule has 0 aliphatic rings. The summed E-state index contributed by atoms with van der Waals surface area (Å²) in [6, 6.07) is 10.6. The maximum absolute atomic E-state index is 13.3. The summed E-state index contributed by atoms with van der Waals surface area (Å²) in [5, 5.41) is 5.16. The Morgan fingerprint density at radius 3 is 2.33 bits per heavy atom. The first-order valence-electron chi connectivity index (χ1n) is 15.1. The second-order valence-electron chi connectivity index (χ2n) is 13.0. The average Bonchev–Trinajstić information content (AvgIpc) is 3.62. The summed E-state index contributed by atoms with van der Waals surface area (Å²) in [6.45, 7) is 10.4. The van der Waals surface area contributed by atoms with E-state index in [4.69, 9.17) is 14.2 Å². The van der Waals surface area contributed by atoms with Gasteiger partial charge < -0.3 is 18.8 Å². The molecule has 0 bridgehead atoms. The van der Waals surface area contributed by atoms with Gasteiger partial charge in [0, 0.05) is 64.3 Å². The summed E-state index contributed by atoms with van der Waals surface area (Å²) in [6.07, 6.45) is 9.72.